The van der Waals surface area contributed by atoms with E-state index in [1.807, 2.05) is 56.3 Å². The van der Waals surface area contributed by atoms with E-state index in [1.165, 1.54) is 36.7 Å². The molecular formula is C26H29BrN2O5S. The van der Waals surface area contributed by atoms with Crippen LogP contribution in [0.25, 0.3) is 0 Å². The molecule has 0 aromatic heterocycles. The number of aryl methyl sites for hydroxylation is 2. The van der Waals surface area contributed by atoms with E-state index in [4.69, 9.17) is 9.47 Å². The van der Waals surface area contributed by atoms with Gasteiger partial charge in [0, 0.05) is 22.8 Å². The number of halogens is 1. The van der Waals surface area contributed by atoms with Crippen molar-refractivity contribution in [2.45, 2.75) is 25.2 Å². The van der Waals surface area contributed by atoms with Crippen LogP contribution in [0.1, 0.15) is 16.7 Å². The van der Waals surface area contributed by atoms with Crippen molar-refractivity contribution in [3.05, 3.63) is 81.8 Å². The van der Waals surface area contributed by atoms with Crippen molar-refractivity contribution >= 4 is 37.5 Å². The number of carbonyl (C=O) groups is 1. The maximum absolute atomic E-state index is 13.6. The molecule has 0 aliphatic carbocycles. The molecule has 0 saturated heterocycles. The summed E-state index contributed by atoms with van der Waals surface area (Å²) in [5, 5.41) is 2.89. The maximum Gasteiger partial charge on any atom is 0.243 e. The number of benzene rings is 3. The van der Waals surface area contributed by atoms with Crippen LogP contribution in [0, 0.1) is 13.8 Å². The molecule has 0 radical (unpaired) electrons. The van der Waals surface area contributed by atoms with E-state index in [-0.39, 0.29) is 18.0 Å². The van der Waals surface area contributed by atoms with Crippen molar-refractivity contribution < 1.29 is 22.7 Å². The van der Waals surface area contributed by atoms with E-state index in [0.29, 0.717) is 23.6 Å². The molecule has 1 N–H and O–H groups in total. The van der Waals surface area contributed by atoms with Gasteiger partial charge in [-0.2, -0.15) is 4.31 Å². The van der Waals surface area contributed by atoms with Crippen molar-refractivity contribution in [1.82, 2.24) is 4.31 Å². The standard InChI is InChI=1S/C26H29BrN2O5S/c1-18-14-21(27)15-19(2)26(18)28-25(30)17-29(13-12-20-8-6-5-7-9-20)35(31,32)22-10-11-23(33-3)24(16-22)34-4/h5-11,14-16H,12-13,17H2,1-4H3,(H,28,30). The Morgan fingerprint density at radius 3 is 2.17 bits per heavy atom. The van der Waals surface area contributed by atoms with Gasteiger partial charge >= 0.3 is 0 Å². The van der Waals surface area contributed by atoms with Gasteiger partial charge in [-0.3, -0.25) is 4.79 Å². The quantitative estimate of drug-likeness (QED) is 0.379. The van der Waals surface area contributed by atoms with Gasteiger partial charge in [-0.15, -0.1) is 0 Å². The number of anilines is 1. The Morgan fingerprint density at radius 2 is 1.57 bits per heavy atom. The number of ether oxygens (including phenoxy) is 2. The molecule has 1 amide bonds. The third-order valence-electron chi connectivity index (χ3n) is 5.57. The number of sulfonamides is 1. The summed E-state index contributed by atoms with van der Waals surface area (Å²) in [5.74, 6) is 0.291. The summed E-state index contributed by atoms with van der Waals surface area (Å²) in [6.45, 7) is 3.58. The lowest BCUT2D eigenvalue weighted by Gasteiger charge is -2.23. The van der Waals surface area contributed by atoms with Crippen LogP contribution in [0.15, 0.2) is 70.0 Å². The van der Waals surface area contributed by atoms with E-state index in [2.05, 4.69) is 21.2 Å². The van der Waals surface area contributed by atoms with Gasteiger partial charge in [0.05, 0.1) is 25.7 Å². The fourth-order valence-electron chi connectivity index (χ4n) is 3.76. The van der Waals surface area contributed by atoms with Gasteiger partial charge in [-0.25, -0.2) is 8.42 Å². The first-order chi connectivity index (χ1) is 16.6. The molecule has 0 unspecified atom stereocenters. The topological polar surface area (TPSA) is 84.9 Å². The highest BCUT2D eigenvalue weighted by Gasteiger charge is 2.28. The average molecular weight is 561 g/mol. The number of nitrogens with zero attached hydrogens (tertiary/aromatic N) is 1. The van der Waals surface area contributed by atoms with Crippen molar-refractivity contribution in [2.75, 3.05) is 32.6 Å². The molecule has 3 rings (SSSR count). The Morgan fingerprint density at radius 1 is 0.943 bits per heavy atom. The van der Waals surface area contributed by atoms with E-state index in [0.717, 1.165) is 21.2 Å². The molecule has 0 atom stereocenters. The van der Waals surface area contributed by atoms with Crippen LogP contribution in [0.4, 0.5) is 5.69 Å². The number of carbonyl (C=O) groups excluding carboxylic acids is 1. The lowest BCUT2D eigenvalue weighted by molar-refractivity contribution is -0.116. The molecule has 0 spiro atoms. The zero-order chi connectivity index (χ0) is 25.6. The molecule has 7 nitrogen and oxygen atoms in total. The van der Waals surface area contributed by atoms with Crippen molar-refractivity contribution in [3.8, 4) is 11.5 Å². The van der Waals surface area contributed by atoms with Gasteiger partial charge in [0.2, 0.25) is 15.9 Å². The second-order valence-electron chi connectivity index (χ2n) is 8.05. The van der Waals surface area contributed by atoms with Crippen LogP contribution in [-0.2, 0) is 21.2 Å². The molecule has 0 aliphatic heterocycles. The van der Waals surface area contributed by atoms with Crippen LogP contribution in [0.3, 0.4) is 0 Å². The van der Waals surface area contributed by atoms with Crippen LogP contribution >= 0.6 is 15.9 Å². The maximum atomic E-state index is 13.6. The molecule has 0 fully saturated rings. The van der Waals surface area contributed by atoms with Gasteiger partial charge < -0.3 is 14.8 Å². The minimum Gasteiger partial charge on any atom is -0.493 e. The molecule has 35 heavy (non-hydrogen) atoms. The van der Waals surface area contributed by atoms with Gasteiger partial charge in [0.15, 0.2) is 11.5 Å². The third kappa shape index (κ3) is 6.62. The molecule has 9 heteroatoms. The first-order valence-electron chi connectivity index (χ1n) is 11.0. The van der Waals surface area contributed by atoms with E-state index >= 15 is 0 Å². The summed E-state index contributed by atoms with van der Waals surface area (Å²) in [7, 11) is -1.09. The van der Waals surface area contributed by atoms with Gasteiger partial charge in [-0.1, -0.05) is 46.3 Å². The molecule has 0 heterocycles. The van der Waals surface area contributed by atoms with Crippen molar-refractivity contribution in [3.63, 3.8) is 0 Å². The summed E-state index contributed by atoms with van der Waals surface area (Å²) in [5.41, 5.74) is 3.40. The van der Waals surface area contributed by atoms with Gasteiger partial charge in [0.1, 0.15) is 0 Å². The van der Waals surface area contributed by atoms with Crippen LogP contribution < -0.4 is 14.8 Å². The number of methoxy groups -OCH3 is 2. The number of amides is 1. The largest absolute Gasteiger partial charge is 0.493 e. The molecular weight excluding hydrogens is 532 g/mol. The minimum atomic E-state index is -4.01. The Hall–Kier alpha value is -2.88. The summed E-state index contributed by atoms with van der Waals surface area (Å²) >= 11 is 3.45. The van der Waals surface area contributed by atoms with Crippen molar-refractivity contribution in [1.29, 1.82) is 0 Å². The SMILES string of the molecule is COc1ccc(S(=O)(=O)N(CCc2ccccc2)CC(=O)Nc2c(C)cc(Br)cc2C)cc1OC. The normalized spacial score (nSPS) is 11.4. The monoisotopic (exact) mass is 560 g/mol. The molecule has 3 aromatic carbocycles. The van der Waals surface area contributed by atoms with E-state index < -0.39 is 15.9 Å². The minimum absolute atomic E-state index is 0.0204. The molecule has 186 valence electrons. The second-order valence-corrected chi connectivity index (χ2v) is 10.9. The summed E-state index contributed by atoms with van der Waals surface area (Å²) < 4.78 is 39.9. The summed E-state index contributed by atoms with van der Waals surface area (Å²) in [4.78, 5) is 13.1. The summed E-state index contributed by atoms with van der Waals surface area (Å²) in [6, 6.07) is 17.7. The molecule has 0 bridgehead atoms. The third-order valence-corrected chi connectivity index (χ3v) is 7.87. The predicted molar refractivity (Wildman–Crippen MR) is 141 cm³/mol. The number of rotatable bonds is 10. The first-order valence-corrected chi connectivity index (χ1v) is 13.2. The number of nitrogens with one attached hydrogen (secondary N) is 1. The number of hydrogen-bond donors (Lipinski definition) is 1. The summed E-state index contributed by atoms with van der Waals surface area (Å²) in [6.07, 6.45) is 0.455. The predicted octanol–water partition coefficient (Wildman–Crippen LogP) is 4.96. The fourth-order valence-corrected chi connectivity index (χ4v) is 5.86. The highest BCUT2D eigenvalue weighted by Crippen LogP contribution is 2.31. The van der Waals surface area contributed by atoms with E-state index in [9.17, 15) is 13.2 Å². The molecule has 0 aliphatic rings. The van der Waals surface area contributed by atoms with Crippen LogP contribution in [0.2, 0.25) is 0 Å². The first kappa shape index (κ1) is 26.7. The lowest BCUT2D eigenvalue weighted by atomic mass is 10.1. The van der Waals surface area contributed by atoms with Gasteiger partial charge in [0.25, 0.3) is 0 Å². The Labute approximate surface area is 215 Å². The van der Waals surface area contributed by atoms with Crippen molar-refractivity contribution in [2.24, 2.45) is 0 Å². The Bertz CT molecular complexity index is 1270. The van der Waals surface area contributed by atoms with Crippen LogP contribution in [0.5, 0.6) is 11.5 Å². The Kier molecular flexibility index (Phi) is 8.93. The molecule has 0 saturated carbocycles. The highest BCUT2D eigenvalue weighted by molar-refractivity contribution is 9.10. The van der Waals surface area contributed by atoms with E-state index in [1.54, 1.807) is 0 Å². The smallest absolute Gasteiger partial charge is 0.243 e. The molecule has 3 aromatic rings. The lowest BCUT2D eigenvalue weighted by Crippen LogP contribution is -2.39. The van der Waals surface area contributed by atoms with Crippen LogP contribution in [-0.4, -0.2) is 45.9 Å². The average Bonchev–Trinajstić information content (AvgIpc) is 2.84. The Balaban J connectivity index is 1.90. The second kappa shape index (κ2) is 11.7. The zero-order valence-electron chi connectivity index (χ0n) is 20.2. The highest BCUT2D eigenvalue weighted by atomic mass is 79.9. The fraction of sp³-hybridized carbons (Fsp3) is 0.269. The number of hydrogen-bond acceptors (Lipinski definition) is 5. The zero-order valence-corrected chi connectivity index (χ0v) is 22.6. The van der Waals surface area contributed by atoms with Gasteiger partial charge in [-0.05, 0) is 61.2 Å².